The molecule has 1 aromatic heterocycles. The number of hydrogen-bond acceptors (Lipinski definition) is 2. The van der Waals surface area contributed by atoms with E-state index in [9.17, 15) is 0 Å². The maximum atomic E-state index is 6.00. The van der Waals surface area contributed by atoms with Gasteiger partial charge in [0.2, 0.25) is 0 Å². The Balaban J connectivity index is 2.38. The van der Waals surface area contributed by atoms with Crippen molar-refractivity contribution >= 4 is 28.5 Å². The maximum Gasteiger partial charge on any atom is 0.0934 e. The van der Waals surface area contributed by atoms with Crippen LogP contribution in [0.5, 0.6) is 0 Å². The van der Waals surface area contributed by atoms with Gasteiger partial charge in [0.15, 0.2) is 0 Å². The third-order valence-corrected chi connectivity index (χ3v) is 4.02. The fourth-order valence-corrected chi connectivity index (χ4v) is 3.62. The van der Waals surface area contributed by atoms with Crippen LogP contribution in [0, 0.1) is 0 Å². The van der Waals surface area contributed by atoms with Gasteiger partial charge in [-0.3, -0.25) is 0 Å². The molecule has 2 heterocycles. The average Bonchev–Trinajstić information content (AvgIpc) is 2.45. The lowest BCUT2D eigenvalue weighted by molar-refractivity contribution is 0.297. The first-order valence-corrected chi connectivity index (χ1v) is 6.74. The lowest BCUT2D eigenvalue weighted by Gasteiger charge is -2.41. The topological polar surface area (TPSA) is 12.0 Å². The highest BCUT2D eigenvalue weighted by molar-refractivity contribution is 7.17. The van der Waals surface area contributed by atoms with Crippen LogP contribution in [0.15, 0.2) is 18.2 Å². The molecule has 1 aliphatic heterocycles. The summed E-state index contributed by atoms with van der Waals surface area (Å²) in [5.74, 6) is 0. The van der Waals surface area contributed by atoms with Crippen LogP contribution < -0.4 is 5.32 Å². The fourth-order valence-electron chi connectivity index (χ4n) is 2.56. The maximum absolute atomic E-state index is 6.00. The molecular weight excluding hydrogens is 238 g/mol. The molecule has 0 aromatic carbocycles. The molecular formula is C13H18ClNS. The van der Waals surface area contributed by atoms with Crippen LogP contribution in [-0.2, 0) is 0 Å². The number of rotatable bonds is 1. The van der Waals surface area contributed by atoms with Crippen LogP contribution in [0.1, 0.15) is 39.0 Å². The number of thiophene rings is 1. The lowest BCUT2D eigenvalue weighted by Crippen LogP contribution is -2.53. The Labute approximate surface area is 107 Å². The molecule has 0 amide bonds. The van der Waals surface area contributed by atoms with E-state index >= 15 is 0 Å². The molecule has 0 aliphatic carbocycles. The summed E-state index contributed by atoms with van der Waals surface area (Å²) in [6.45, 7) is 8.92. The Morgan fingerprint density at radius 3 is 2.44 bits per heavy atom. The zero-order valence-corrected chi connectivity index (χ0v) is 11.8. The molecule has 3 heteroatoms. The molecule has 16 heavy (non-hydrogen) atoms. The molecule has 0 atom stereocenters. The minimum Gasteiger partial charge on any atom is -0.303 e. The van der Waals surface area contributed by atoms with E-state index in [1.807, 2.05) is 6.07 Å². The predicted octanol–water partition coefficient (Wildman–Crippen LogP) is 4.34. The number of nitrogens with one attached hydrogen (secondary N) is 1. The Morgan fingerprint density at radius 1 is 1.25 bits per heavy atom. The predicted molar refractivity (Wildman–Crippen MR) is 73.2 cm³/mol. The molecule has 1 N–H and O–H groups in total. The highest BCUT2D eigenvalue weighted by Crippen LogP contribution is 2.37. The molecule has 0 saturated carbocycles. The summed E-state index contributed by atoms with van der Waals surface area (Å²) in [5, 5.41) is 3.63. The van der Waals surface area contributed by atoms with Crippen molar-refractivity contribution in [1.82, 2.24) is 5.32 Å². The van der Waals surface area contributed by atoms with E-state index in [-0.39, 0.29) is 11.1 Å². The van der Waals surface area contributed by atoms with Gasteiger partial charge in [0.05, 0.1) is 4.34 Å². The van der Waals surface area contributed by atoms with Gasteiger partial charge in [-0.1, -0.05) is 17.7 Å². The Kier molecular flexibility index (Phi) is 2.94. The zero-order chi connectivity index (χ0) is 12.0. The van der Waals surface area contributed by atoms with E-state index in [1.165, 1.54) is 10.5 Å². The summed E-state index contributed by atoms with van der Waals surface area (Å²) >= 11 is 7.66. The van der Waals surface area contributed by atoms with E-state index in [4.69, 9.17) is 11.6 Å². The SMILES string of the molecule is CC1(C)C=C(c2ccc(Cl)s2)CC(C)(C)N1. The fraction of sp³-hybridized carbons (Fsp3) is 0.538. The Hall–Kier alpha value is -0.310. The standard InChI is InChI=1S/C13H18ClNS/c1-12(2)7-9(8-13(3,4)15-12)10-5-6-11(14)16-10/h5-7,15H,8H2,1-4H3. The second-order valence-electron chi connectivity index (χ2n) is 5.68. The van der Waals surface area contributed by atoms with Crippen molar-refractivity contribution in [3.63, 3.8) is 0 Å². The molecule has 0 unspecified atom stereocenters. The van der Waals surface area contributed by atoms with Gasteiger partial charge in [0.25, 0.3) is 0 Å². The molecule has 1 aliphatic rings. The largest absolute Gasteiger partial charge is 0.303 e. The van der Waals surface area contributed by atoms with E-state index in [0.717, 1.165) is 10.8 Å². The van der Waals surface area contributed by atoms with Gasteiger partial charge in [-0.15, -0.1) is 11.3 Å². The van der Waals surface area contributed by atoms with Gasteiger partial charge in [0.1, 0.15) is 0 Å². The van der Waals surface area contributed by atoms with E-state index < -0.39 is 0 Å². The van der Waals surface area contributed by atoms with E-state index in [2.05, 4.69) is 45.2 Å². The second-order valence-corrected chi connectivity index (χ2v) is 7.40. The summed E-state index contributed by atoms with van der Waals surface area (Å²) in [6, 6.07) is 4.10. The van der Waals surface area contributed by atoms with E-state index in [0.29, 0.717) is 0 Å². The van der Waals surface area contributed by atoms with Crippen molar-refractivity contribution < 1.29 is 0 Å². The van der Waals surface area contributed by atoms with E-state index in [1.54, 1.807) is 11.3 Å². The number of hydrogen-bond donors (Lipinski definition) is 1. The molecule has 1 nitrogen and oxygen atoms in total. The van der Waals surface area contributed by atoms with Crippen LogP contribution in [0.4, 0.5) is 0 Å². The third kappa shape index (κ3) is 2.68. The number of halogens is 1. The van der Waals surface area contributed by atoms with Gasteiger partial charge >= 0.3 is 0 Å². The first-order chi connectivity index (χ1) is 7.27. The third-order valence-electron chi connectivity index (χ3n) is 2.72. The van der Waals surface area contributed by atoms with Crippen LogP contribution >= 0.6 is 22.9 Å². The molecule has 88 valence electrons. The van der Waals surface area contributed by atoms with Crippen LogP contribution in [0.2, 0.25) is 4.34 Å². The minimum atomic E-state index is 0.0492. The highest BCUT2D eigenvalue weighted by atomic mass is 35.5. The Bertz CT molecular complexity index is 429. The monoisotopic (exact) mass is 255 g/mol. The summed E-state index contributed by atoms with van der Waals surface area (Å²) < 4.78 is 0.866. The van der Waals surface area contributed by atoms with Crippen LogP contribution in [0.3, 0.4) is 0 Å². The van der Waals surface area contributed by atoms with Crippen molar-refractivity contribution in [3.05, 3.63) is 27.4 Å². The Morgan fingerprint density at radius 2 is 1.94 bits per heavy atom. The molecule has 0 spiro atoms. The minimum absolute atomic E-state index is 0.0492. The van der Waals surface area contributed by atoms with Gasteiger partial charge in [-0.25, -0.2) is 0 Å². The summed E-state index contributed by atoms with van der Waals surface area (Å²) in [6.07, 6.45) is 3.37. The van der Waals surface area contributed by atoms with Crippen molar-refractivity contribution in [3.8, 4) is 0 Å². The first kappa shape index (κ1) is 12.2. The molecule has 0 bridgehead atoms. The quantitative estimate of drug-likeness (QED) is 0.787. The summed E-state index contributed by atoms with van der Waals surface area (Å²) in [5.41, 5.74) is 1.60. The van der Waals surface area contributed by atoms with Gasteiger partial charge in [-0.05, 0) is 51.8 Å². The molecule has 0 radical (unpaired) electrons. The zero-order valence-electron chi connectivity index (χ0n) is 10.2. The molecule has 1 aromatic rings. The van der Waals surface area contributed by atoms with Gasteiger partial charge in [0, 0.05) is 16.0 Å². The normalized spacial score (nSPS) is 22.9. The second kappa shape index (κ2) is 3.86. The van der Waals surface area contributed by atoms with Crippen LogP contribution in [0.25, 0.3) is 5.57 Å². The molecule has 2 rings (SSSR count). The molecule has 0 fully saturated rings. The summed E-state index contributed by atoms with van der Waals surface area (Å²) in [7, 11) is 0. The summed E-state index contributed by atoms with van der Waals surface area (Å²) in [4.78, 5) is 1.30. The van der Waals surface area contributed by atoms with Crippen molar-refractivity contribution in [2.75, 3.05) is 0 Å². The van der Waals surface area contributed by atoms with Crippen LogP contribution in [-0.4, -0.2) is 11.1 Å². The van der Waals surface area contributed by atoms with Crippen molar-refractivity contribution in [2.24, 2.45) is 0 Å². The van der Waals surface area contributed by atoms with Gasteiger partial charge in [-0.2, -0.15) is 0 Å². The van der Waals surface area contributed by atoms with Crippen molar-refractivity contribution in [2.45, 2.75) is 45.2 Å². The van der Waals surface area contributed by atoms with Crippen molar-refractivity contribution in [1.29, 1.82) is 0 Å². The highest BCUT2D eigenvalue weighted by Gasteiger charge is 2.32. The lowest BCUT2D eigenvalue weighted by atomic mass is 9.83. The van der Waals surface area contributed by atoms with Gasteiger partial charge < -0.3 is 5.32 Å². The smallest absolute Gasteiger partial charge is 0.0934 e. The first-order valence-electron chi connectivity index (χ1n) is 5.54. The molecule has 0 saturated heterocycles. The average molecular weight is 256 g/mol.